The number of imidazole rings is 1. The van der Waals surface area contributed by atoms with Gasteiger partial charge in [0, 0.05) is 48.1 Å². The van der Waals surface area contributed by atoms with Gasteiger partial charge in [0.1, 0.15) is 11.9 Å². The first-order chi connectivity index (χ1) is 30.2. The first-order valence-electron chi connectivity index (χ1n) is 21.0. The molecule has 0 radical (unpaired) electrons. The highest BCUT2D eigenvalue weighted by molar-refractivity contribution is 6.25. The smallest absolute Gasteiger partial charge is 0.264 e. The number of benzene rings is 3. The van der Waals surface area contributed by atoms with Crippen molar-refractivity contribution >= 4 is 57.9 Å². The van der Waals surface area contributed by atoms with E-state index in [1.807, 2.05) is 18.2 Å². The Bertz CT molecular complexity index is 2260. The lowest BCUT2D eigenvalue weighted by atomic mass is 10.0. The van der Waals surface area contributed by atoms with E-state index >= 15 is 0 Å². The van der Waals surface area contributed by atoms with Crippen LogP contribution >= 0.6 is 0 Å². The van der Waals surface area contributed by atoms with Crippen LogP contribution in [0.3, 0.4) is 0 Å². The second-order valence-electron chi connectivity index (χ2n) is 15.2. The normalized spacial score (nSPS) is 17.7. The summed E-state index contributed by atoms with van der Waals surface area (Å²) in [6.45, 7) is 7.53. The third-order valence-corrected chi connectivity index (χ3v) is 10.9. The fourth-order valence-electron chi connectivity index (χ4n) is 7.63. The van der Waals surface area contributed by atoms with Gasteiger partial charge in [0.15, 0.2) is 0 Å². The minimum absolute atomic E-state index is 0.0548. The quantitative estimate of drug-likeness (QED) is 0.0568. The van der Waals surface area contributed by atoms with Crippen LogP contribution in [0.15, 0.2) is 60.7 Å². The molecule has 3 aromatic carbocycles. The molecule has 7 rings (SSSR count). The first-order valence-corrected chi connectivity index (χ1v) is 21.0. The van der Waals surface area contributed by atoms with Gasteiger partial charge in [-0.2, -0.15) is 0 Å². The van der Waals surface area contributed by atoms with Crippen molar-refractivity contribution in [3.8, 4) is 0 Å². The van der Waals surface area contributed by atoms with Crippen molar-refractivity contribution in [1.82, 2.24) is 30.4 Å². The Balaban J connectivity index is 0.689. The molecule has 4 aromatic rings. The predicted octanol–water partition coefficient (Wildman–Crippen LogP) is 3.11. The maximum atomic E-state index is 13.2. The first kappa shape index (κ1) is 44.0. The molecule has 0 spiro atoms. The number of hydrogen-bond donors (Lipinski definition) is 5. The number of aromatic amines is 1. The molecule has 18 nitrogen and oxygen atoms in total. The summed E-state index contributed by atoms with van der Waals surface area (Å²) in [5.74, 6) is -1.86. The number of likely N-dealkylation sites (tertiary alicyclic amines) is 1. The number of piperidine rings is 1. The summed E-state index contributed by atoms with van der Waals surface area (Å²) in [6.07, 6.45) is 2.56. The van der Waals surface area contributed by atoms with Crippen molar-refractivity contribution in [2.45, 2.75) is 51.2 Å². The van der Waals surface area contributed by atoms with Gasteiger partial charge in [0.2, 0.25) is 11.8 Å². The lowest BCUT2D eigenvalue weighted by molar-refractivity contribution is -0.136. The highest BCUT2D eigenvalue weighted by atomic mass is 16.6. The molecular weight excluding hydrogens is 801 g/mol. The number of aromatic nitrogens is 2. The van der Waals surface area contributed by atoms with Gasteiger partial charge in [-0.25, -0.2) is 4.98 Å². The largest absolute Gasteiger partial charge is 0.382 e. The van der Waals surface area contributed by atoms with Crippen LogP contribution in [0.4, 0.5) is 11.4 Å². The van der Waals surface area contributed by atoms with E-state index in [1.54, 1.807) is 42.5 Å². The van der Waals surface area contributed by atoms with Gasteiger partial charge in [-0.15, -0.1) is 0 Å². The molecule has 18 heteroatoms. The van der Waals surface area contributed by atoms with Gasteiger partial charge >= 0.3 is 0 Å². The number of carbonyl (C=O) groups excluding carboxylic acids is 6. The van der Waals surface area contributed by atoms with Gasteiger partial charge in [-0.3, -0.25) is 43.9 Å². The zero-order valence-corrected chi connectivity index (χ0v) is 34.7. The summed E-state index contributed by atoms with van der Waals surface area (Å²) in [5.41, 5.74) is 4.07. The number of ether oxygens (including phenoxy) is 4. The topological polar surface area (TPSA) is 223 Å². The fourth-order valence-corrected chi connectivity index (χ4v) is 7.63. The minimum atomic E-state index is -1.02. The molecule has 3 aliphatic heterocycles. The van der Waals surface area contributed by atoms with E-state index in [-0.39, 0.29) is 35.8 Å². The molecule has 62 heavy (non-hydrogen) atoms. The summed E-state index contributed by atoms with van der Waals surface area (Å²) in [7, 11) is 0. The van der Waals surface area contributed by atoms with Crippen LogP contribution in [0.25, 0.3) is 11.0 Å². The van der Waals surface area contributed by atoms with Crippen LogP contribution in [0.2, 0.25) is 0 Å². The van der Waals surface area contributed by atoms with Crippen molar-refractivity contribution in [2.75, 3.05) is 83.1 Å². The van der Waals surface area contributed by atoms with Crippen molar-refractivity contribution < 1.29 is 47.7 Å². The molecule has 2 fully saturated rings. The standard InChI is InChI=1S/C44H52N8O10/c1-28-4-3-17-51(28)27-37-48-33-12-11-31(26-35(33)49-37)47-41(55)30-9-7-29(8-10-30)40(54)46-16-19-60-21-23-62-25-24-61-22-20-59-18-15-45-34-6-2-5-32-39(34)44(58)52(43(32)57)36-13-14-38(53)50-42(36)56/h2,5-12,26,28,36,45H,3-4,13-25,27H2,1H3,(H,46,54)(H,47,55)(H,48,49)(H,50,53,56)/t28-,36?/m0/s1. The van der Waals surface area contributed by atoms with Crippen LogP contribution in [0, 0.1) is 0 Å². The van der Waals surface area contributed by atoms with E-state index in [2.05, 4.69) is 38.1 Å². The van der Waals surface area contributed by atoms with Crippen molar-refractivity contribution in [1.29, 1.82) is 0 Å². The lowest BCUT2D eigenvalue weighted by Crippen LogP contribution is -2.54. The van der Waals surface area contributed by atoms with Gasteiger partial charge in [0.05, 0.1) is 81.6 Å². The molecular formula is C44H52N8O10. The Labute approximate surface area is 358 Å². The zero-order valence-electron chi connectivity index (χ0n) is 34.7. The van der Waals surface area contributed by atoms with E-state index < -0.39 is 29.7 Å². The number of H-pyrrole nitrogens is 1. The molecule has 5 N–H and O–H groups in total. The van der Waals surface area contributed by atoms with Crippen LogP contribution in [-0.4, -0.2) is 140 Å². The van der Waals surface area contributed by atoms with Gasteiger partial charge in [0.25, 0.3) is 23.6 Å². The molecule has 1 unspecified atom stereocenters. The van der Waals surface area contributed by atoms with Crippen molar-refractivity contribution in [2.24, 2.45) is 0 Å². The monoisotopic (exact) mass is 852 g/mol. The number of nitrogens with zero attached hydrogens (tertiary/aromatic N) is 3. The summed E-state index contributed by atoms with van der Waals surface area (Å²) in [6, 6.07) is 16.5. The molecule has 0 aliphatic carbocycles. The van der Waals surface area contributed by atoms with Crippen LogP contribution in [-0.2, 0) is 35.1 Å². The van der Waals surface area contributed by atoms with Crippen molar-refractivity contribution in [3.63, 3.8) is 0 Å². The van der Waals surface area contributed by atoms with E-state index in [9.17, 15) is 28.8 Å². The highest BCUT2D eigenvalue weighted by Crippen LogP contribution is 2.32. The number of hydrogen-bond acceptors (Lipinski definition) is 13. The number of carbonyl (C=O) groups is 6. The minimum Gasteiger partial charge on any atom is -0.382 e. The highest BCUT2D eigenvalue weighted by Gasteiger charge is 2.45. The number of nitrogens with one attached hydrogen (secondary N) is 5. The number of imide groups is 2. The lowest BCUT2D eigenvalue weighted by Gasteiger charge is -2.27. The predicted molar refractivity (Wildman–Crippen MR) is 227 cm³/mol. The summed E-state index contributed by atoms with van der Waals surface area (Å²) in [5, 5.41) is 11.1. The van der Waals surface area contributed by atoms with E-state index in [0.29, 0.717) is 94.5 Å². The number of fused-ring (bicyclic) bond motifs is 2. The number of anilines is 2. The average Bonchev–Trinajstić information content (AvgIpc) is 3.94. The summed E-state index contributed by atoms with van der Waals surface area (Å²) >= 11 is 0. The van der Waals surface area contributed by atoms with Gasteiger partial charge in [-0.1, -0.05) is 6.07 Å². The SMILES string of the molecule is C[C@H]1CCCN1Cc1nc2cc(NC(=O)c3ccc(C(=O)NCCOCCOCCOCCOCCNc4cccc5c4C(=O)N(C4CCC(=O)NC4=O)C5=O)cc3)ccc2[nH]1. The molecule has 3 aliphatic rings. The Hall–Kier alpha value is -6.05. The van der Waals surface area contributed by atoms with Crippen molar-refractivity contribution in [3.05, 3.63) is 88.7 Å². The van der Waals surface area contributed by atoms with Gasteiger partial charge in [-0.05, 0) is 87.3 Å². The van der Waals surface area contributed by atoms with Gasteiger partial charge < -0.3 is 39.9 Å². The molecule has 6 amide bonds. The second kappa shape index (κ2) is 21.2. The van der Waals surface area contributed by atoms with Crippen LogP contribution in [0.1, 0.15) is 79.9 Å². The molecule has 1 aromatic heterocycles. The molecule has 0 bridgehead atoms. The Morgan fingerprint density at radius 1 is 0.790 bits per heavy atom. The third-order valence-electron chi connectivity index (χ3n) is 10.9. The fraction of sp³-hybridized carbons (Fsp3) is 0.432. The van der Waals surface area contributed by atoms with Crippen LogP contribution in [0.5, 0.6) is 0 Å². The third kappa shape index (κ3) is 11.1. The molecule has 4 heterocycles. The van der Waals surface area contributed by atoms with E-state index in [1.165, 1.54) is 12.8 Å². The maximum absolute atomic E-state index is 13.2. The molecule has 328 valence electrons. The molecule has 2 saturated heterocycles. The van der Waals surface area contributed by atoms with E-state index in [0.717, 1.165) is 34.8 Å². The molecule has 0 saturated carbocycles. The average molecular weight is 853 g/mol. The zero-order chi connectivity index (χ0) is 43.4. The van der Waals surface area contributed by atoms with Crippen LogP contribution < -0.4 is 21.3 Å². The second-order valence-corrected chi connectivity index (χ2v) is 15.2. The van der Waals surface area contributed by atoms with E-state index in [4.69, 9.17) is 23.9 Å². The summed E-state index contributed by atoms with van der Waals surface area (Å²) in [4.78, 5) is 87.1. The number of amides is 6. The Kier molecular flexibility index (Phi) is 15.0. The molecule has 2 atom stereocenters. The number of rotatable bonds is 22. The maximum Gasteiger partial charge on any atom is 0.264 e. The summed E-state index contributed by atoms with van der Waals surface area (Å²) < 4.78 is 22.2. The Morgan fingerprint density at radius 2 is 1.47 bits per heavy atom. The Morgan fingerprint density at radius 3 is 2.15 bits per heavy atom.